The van der Waals surface area contributed by atoms with Crippen molar-refractivity contribution in [3.8, 4) is 0 Å². The van der Waals surface area contributed by atoms with Gasteiger partial charge >= 0.3 is 0 Å². The van der Waals surface area contributed by atoms with E-state index in [-0.39, 0.29) is 17.3 Å². The van der Waals surface area contributed by atoms with Gasteiger partial charge in [0.2, 0.25) is 5.91 Å². The van der Waals surface area contributed by atoms with E-state index in [1.807, 2.05) is 6.92 Å². The first-order valence-electron chi connectivity index (χ1n) is 4.45. The van der Waals surface area contributed by atoms with Crippen molar-refractivity contribution < 1.29 is 9.90 Å². The Labute approximate surface area is 84.5 Å². The lowest BCUT2D eigenvalue weighted by molar-refractivity contribution is -0.128. The predicted molar refractivity (Wildman–Crippen MR) is 56.9 cm³/mol. The molecule has 0 saturated carbocycles. The molecule has 0 spiro atoms. The van der Waals surface area contributed by atoms with Gasteiger partial charge in [0, 0.05) is 31.5 Å². The van der Waals surface area contributed by atoms with E-state index in [4.69, 9.17) is 0 Å². The molecule has 1 amide bonds. The van der Waals surface area contributed by atoms with Gasteiger partial charge in [0.15, 0.2) is 0 Å². The normalized spacial score (nSPS) is 15.2. The van der Waals surface area contributed by atoms with Crippen molar-refractivity contribution in [1.29, 1.82) is 0 Å². The van der Waals surface area contributed by atoms with E-state index in [2.05, 4.69) is 0 Å². The minimum atomic E-state index is -0.306. The molecule has 2 atom stereocenters. The van der Waals surface area contributed by atoms with Crippen molar-refractivity contribution in [2.24, 2.45) is 0 Å². The van der Waals surface area contributed by atoms with Crippen LogP contribution in [0.2, 0.25) is 0 Å². The number of amides is 1. The first kappa shape index (κ1) is 12.8. The minimum Gasteiger partial charge on any atom is -0.392 e. The quantitative estimate of drug-likeness (QED) is 0.727. The second-order valence-electron chi connectivity index (χ2n) is 3.35. The molecule has 0 bridgehead atoms. The average molecular weight is 205 g/mol. The van der Waals surface area contributed by atoms with Crippen LogP contribution in [0.5, 0.6) is 0 Å². The maximum absolute atomic E-state index is 11.1. The fourth-order valence-electron chi connectivity index (χ4n) is 0.695. The van der Waals surface area contributed by atoms with Crippen LogP contribution in [0.1, 0.15) is 20.3 Å². The molecule has 0 aliphatic heterocycles. The first-order chi connectivity index (χ1) is 5.95. The largest absolute Gasteiger partial charge is 0.392 e. The third-order valence-corrected chi connectivity index (χ3v) is 3.23. The van der Waals surface area contributed by atoms with E-state index in [1.54, 1.807) is 37.7 Å². The summed E-state index contributed by atoms with van der Waals surface area (Å²) in [5.74, 6) is 0.925. The van der Waals surface area contributed by atoms with Crippen LogP contribution in [0.3, 0.4) is 0 Å². The molecule has 0 aliphatic rings. The number of hydrogen-bond acceptors (Lipinski definition) is 3. The SMILES string of the molecule is CC(O)C(C)SCCC(=O)N(C)C. The molecular formula is C9H19NO2S. The Morgan fingerprint density at radius 2 is 2.00 bits per heavy atom. The lowest BCUT2D eigenvalue weighted by Gasteiger charge is -2.14. The molecule has 13 heavy (non-hydrogen) atoms. The van der Waals surface area contributed by atoms with Gasteiger partial charge in [-0.2, -0.15) is 11.8 Å². The van der Waals surface area contributed by atoms with Gasteiger partial charge in [-0.15, -0.1) is 0 Å². The summed E-state index contributed by atoms with van der Waals surface area (Å²) >= 11 is 1.63. The first-order valence-corrected chi connectivity index (χ1v) is 5.50. The van der Waals surface area contributed by atoms with Crippen molar-refractivity contribution in [1.82, 2.24) is 4.90 Å². The summed E-state index contributed by atoms with van der Waals surface area (Å²) in [5.41, 5.74) is 0. The Morgan fingerprint density at radius 3 is 2.38 bits per heavy atom. The highest BCUT2D eigenvalue weighted by atomic mass is 32.2. The molecule has 0 aromatic heterocycles. The Bertz CT molecular complexity index is 160. The molecule has 0 aliphatic carbocycles. The smallest absolute Gasteiger partial charge is 0.222 e. The van der Waals surface area contributed by atoms with Crippen molar-refractivity contribution >= 4 is 17.7 Å². The van der Waals surface area contributed by atoms with Crippen LogP contribution < -0.4 is 0 Å². The highest BCUT2D eigenvalue weighted by Crippen LogP contribution is 2.15. The fraction of sp³-hybridized carbons (Fsp3) is 0.889. The molecule has 0 fully saturated rings. The fourth-order valence-corrected chi connectivity index (χ4v) is 1.64. The van der Waals surface area contributed by atoms with E-state index < -0.39 is 0 Å². The van der Waals surface area contributed by atoms with Gasteiger partial charge in [-0.05, 0) is 6.92 Å². The number of carbonyl (C=O) groups is 1. The van der Waals surface area contributed by atoms with Gasteiger partial charge in [-0.3, -0.25) is 4.79 Å². The second-order valence-corrected chi connectivity index (χ2v) is 4.84. The molecular weight excluding hydrogens is 186 g/mol. The van der Waals surface area contributed by atoms with Gasteiger partial charge < -0.3 is 10.0 Å². The third kappa shape index (κ3) is 5.93. The lowest BCUT2D eigenvalue weighted by Crippen LogP contribution is -2.23. The zero-order valence-electron chi connectivity index (χ0n) is 8.78. The van der Waals surface area contributed by atoms with Gasteiger partial charge in [0.1, 0.15) is 0 Å². The van der Waals surface area contributed by atoms with Crippen LogP contribution in [0.15, 0.2) is 0 Å². The number of hydrogen-bond donors (Lipinski definition) is 1. The van der Waals surface area contributed by atoms with E-state index in [0.717, 1.165) is 5.75 Å². The van der Waals surface area contributed by atoms with Crippen molar-refractivity contribution in [3.63, 3.8) is 0 Å². The molecule has 0 heterocycles. The molecule has 78 valence electrons. The van der Waals surface area contributed by atoms with E-state index >= 15 is 0 Å². The van der Waals surface area contributed by atoms with E-state index in [9.17, 15) is 9.90 Å². The maximum Gasteiger partial charge on any atom is 0.222 e. The van der Waals surface area contributed by atoms with Gasteiger partial charge in [-0.25, -0.2) is 0 Å². The number of nitrogens with zero attached hydrogens (tertiary/aromatic N) is 1. The zero-order valence-corrected chi connectivity index (χ0v) is 9.60. The molecule has 1 N–H and O–H groups in total. The summed E-state index contributed by atoms with van der Waals surface area (Å²) in [5, 5.41) is 9.38. The molecule has 0 radical (unpaired) electrons. The van der Waals surface area contributed by atoms with Gasteiger partial charge in [0.05, 0.1) is 6.10 Å². The van der Waals surface area contributed by atoms with Crippen LogP contribution in [0, 0.1) is 0 Å². The van der Waals surface area contributed by atoms with Gasteiger partial charge in [-0.1, -0.05) is 6.92 Å². The van der Waals surface area contributed by atoms with Crippen LogP contribution in [-0.2, 0) is 4.79 Å². The molecule has 2 unspecified atom stereocenters. The summed E-state index contributed by atoms with van der Waals surface area (Å²) in [6.45, 7) is 3.74. The third-order valence-electron chi connectivity index (χ3n) is 1.87. The Kier molecular flexibility index (Phi) is 6.16. The molecule has 0 aromatic carbocycles. The zero-order chi connectivity index (χ0) is 10.4. The van der Waals surface area contributed by atoms with Crippen LogP contribution in [-0.4, -0.2) is 47.1 Å². The lowest BCUT2D eigenvalue weighted by atomic mass is 10.3. The topological polar surface area (TPSA) is 40.5 Å². The highest BCUT2D eigenvalue weighted by Gasteiger charge is 2.10. The summed E-state index contributed by atoms with van der Waals surface area (Å²) in [4.78, 5) is 12.7. The van der Waals surface area contributed by atoms with E-state index in [0.29, 0.717) is 6.42 Å². The van der Waals surface area contributed by atoms with E-state index in [1.165, 1.54) is 0 Å². The number of rotatable bonds is 5. The molecule has 0 saturated heterocycles. The summed E-state index contributed by atoms with van der Waals surface area (Å²) in [6, 6.07) is 0. The number of thioether (sulfide) groups is 1. The molecule has 0 aromatic rings. The standard InChI is InChI=1S/C9H19NO2S/c1-7(11)8(2)13-6-5-9(12)10(3)4/h7-8,11H,5-6H2,1-4H3. The van der Waals surface area contributed by atoms with Crippen molar-refractivity contribution in [2.75, 3.05) is 19.8 Å². The maximum atomic E-state index is 11.1. The Balaban J connectivity index is 3.51. The van der Waals surface area contributed by atoms with Crippen LogP contribution in [0.25, 0.3) is 0 Å². The summed E-state index contributed by atoms with van der Waals surface area (Å²) < 4.78 is 0. The second kappa shape index (κ2) is 6.27. The monoisotopic (exact) mass is 205 g/mol. The predicted octanol–water partition coefficient (Wildman–Crippen LogP) is 0.967. The van der Waals surface area contributed by atoms with Gasteiger partial charge in [0.25, 0.3) is 0 Å². The summed E-state index contributed by atoms with van der Waals surface area (Å²) in [7, 11) is 3.51. The highest BCUT2D eigenvalue weighted by molar-refractivity contribution is 7.99. The number of carbonyl (C=O) groups excluding carboxylic acids is 1. The Morgan fingerprint density at radius 1 is 1.46 bits per heavy atom. The molecule has 4 heteroatoms. The molecule has 0 rings (SSSR count). The number of aliphatic hydroxyl groups excluding tert-OH is 1. The average Bonchev–Trinajstić information content (AvgIpc) is 2.03. The van der Waals surface area contributed by atoms with Crippen molar-refractivity contribution in [2.45, 2.75) is 31.6 Å². The van der Waals surface area contributed by atoms with Crippen molar-refractivity contribution in [3.05, 3.63) is 0 Å². The summed E-state index contributed by atoms with van der Waals surface area (Å²) in [6.07, 6.45) is 0.244. The molecule has 3 nitrogen and oxygen atoms in total. The van der Waals surface area contributed by atoms with Crippen LogP contribution >= 0.6 is 11.8 Å². The van der Waals surface area contributed by atoms with Crippen LogP contribution in [0.4, 0.5) is 0 Å². The minimum absolute atomic E-state index is 0.144. The number of aliphatic hydroxyl groups is 1. The Hall–Kier alpha value is -0.220.